The smallest absolute Gasteiger partial charge is 0.293 e. The van der Waals surface area contributed by atoms with Crippen LogP contribution in [0, 0.1) is 11.7 Å². The molecule has 0 bridgehead atoms. The first-order valence-electron chi connectivity index (χ1n) is 11.3. The van der Waals surface area contributed by atoms with E-state index in [1.54, 1.807) is 0 Å². The van der Waals surface area contributed by atoms with Crippen LogP contribution in [0.25, 0.3) is 6.08 Å². The van der Waals surface area contributed by atoms with Crippen molar-refractivity contribution in [2.75, 3.05) is 26.2 Å². The molecule has 13 heteroatoms. The lowest BCUT2D eigenvalue weighted by Crippen LogP contribution is -2.44. The molecule has 4 rings (SSSR count). The fourth-order valence-electron chi connectivity index (χ4n) is 4.02. The highest BCUT2D eigenvalue weighted by atomic mass is 35.5. The zero-order valence-electron chi connectivity index (χ0n) is 19.3. The Hall–Kier alpha value is -2.44. The summed E-state index contributed by atoms with van der Waals surface area (Å²) < 4.78 is 40.3. The van der Waals surface area contributed by atoms with Crippen LogP contribution in [-0.2, 0) is 19.6 Å². The maximum Gasteiger partial charge on any atom is 0.293 e. The van der Waals surface area contributed by atoms with E-state index in [2.05, 4.69) is 5.32 Å². The number of piperidine rings is 1. The van der Waals surface area contributed by atoms with Gasteiger partial charge in [0.05, 0.1) is 15.0 Å². The predicted molar refractivity (Wildman–Crippen MR) is 140 cm³/mol. The van der Waals surface area contributed by atoms with E-state index in [1.807, 2.05) is 0 Å². The van der Waals surface area contributed by atoms with Gasteiger partial charge in [-0.2, -0.15) is 4.31 Å². The van der Waals surface area contributed by atoms with Crippen molar-refractivity contribution >= 4 is 68.1 Å². The molecule has 196 valence electrons. The van der Waals surface area contributed by atoms with Crippen molar-refractivity contribution in [3.8, 4) is 0 Å². The van der Waals surface area contributed by atoms with Gasteiger partial charge >= 0.3 is 0 Å². The number of halogens is 3. The van der Waals surface area contributed by atoms with Crippen LogP contribution >= 0.6 is 35.0 Å². The van der Waals surface area contributed by atoms with Crippen LogP contribution in [0.3, 0.4) is 0 Å². The van der Waals surface area contributed by atoms with Crippen molar-refractivity contribution < 1.29 is 27.2 Å². The van der Waals surface area contributed by atoms with Gasteiger partial charge in [0.1, 0.15) is 10.7 Å². The summed E-state index contributed by atoms with van der Waals surface area (Å²) in [5.74, 6) is -1.56. The van der Waals surface area contributed by atoms with Gasteiger partial charge in [-0.15, -0.1) is 0 Å². The Balaban J connectivity index is 1.27. The number of thioether (sulfide) groups is 1. The number of benzene rings is 2. The summed E-state index contributed by atoms with van der Waals surface area (Å²) in [5.41, 5.74) is 0.589. The molecule has 0 radical (unpaired) electrons. The van der Waals surface area contributed by atoms with Gasteiger partial charge in [-0.3, -0.25) is 19.3 Å². The average Bonchev–Trinajstić information content (AvgIpc) is 3.14. The number of rotatable bonds is 7. The van der Waals surface area contributed by atoms with Gasteiger partial charge in [0.15, 0.2) is 0 Å². The van der Waals surface area contributed by atoms with Crippen molar-refractivity contribution in [1.82, 2.24) is 14.5 Å². The lowest BCUT2D eigenvalue weighted by atomic mass is 9.97. The molecular formula is C24H22Cl2FN3O5S2. The van der Waals surface area contributed by atoms with E-state index in [4.69, 9.17) is 23.2 Å². The van der Waals surface area contributed by atoms with Gasteiger partial charge in [0.2, 0.25) is 15.9 Å². The molecule has 2 heterocycles. The first-order valence-corrected chi connectivity index (χ1v) is 14.3. The van der Waals surface area contributed by atoms with E-state index in [9.17, 15) is 27.2 Å². The van der Waals surface area contributed by atoms with Crippen molar-refractivity contribution in [3.63, 3.8) is 0 Å². The maximum absolute atomic E-state index is 13.1. The second-order valence-electron chi connectivity index (χ2n) is 8.41. The summed E-state index contributed by atoms with van der Waals surface area (Å²) in [6.07, 6.45) is 2.14. The second-order valence-corrected chi connectivity index (χ2v) is 12.1. The maximum atomic E-state index is 13.1. The lowest BCUT2D eigenvalue weighted by molar-refractivity contribution is -0.127. The molecule has 0 spiro atoms. The minimum atomic E-state index is -3.86. The normalized spacial score (nSPS) is 18.6. The number of imide groups is 1. The molecule has 1 N–H and O–H groups in total. The minimum absolute atomic E-state index is 0.00233. The highest BCUT2D eigenvalue weighted by Gasteiger charge is 2.36. The van der Waals surface area contributed by atoms with E-state index in [1.165, 1.54) is 52.8 Å². The number of hydrogen-bond acceptors (Lipinski definition) is 6. The van der Waals surface area contributed by atoms with Crippen LogP contribution in [0.15, 0.2) is 52.3 Å². The molecule has 2 fully saturated rings. The van der Waals surface area contributed by atoms with Crippen molar-refractivity contribution in [2.24, 2.45) is 5.92 Å². The predicted octanol–water partition coefficient (Wildman–Crippen LogP) is 4.39. The Morgan fingerprint density at radius 3 is 2.46 bits per heavy atom. The SMILES string of the molecule is O=C(NCCN1C(=O)S/C(=C\c2ccc(F)cc2)C1=O)C1CCN(S(=O)(=O)c2cccc(Cl)c2Cl)CC1. The first kappa shape index (κ1) is 27.6. The van der Waals surface area contributed by atoms with Crippen molar-refractivity contribution in [3.05, 3.63) is 68.8 Å². The molecule has 2 aromatic rings. The van der Waals surface area contributed by atoms with Crippen LogP contribution in [0.5, 0.6) is 0 Å². The van der Waals surface area contributed by atoms with Gasteiger partial charge in [0, 0.05) is 32.1 Å². The number of carbonyl (C=O) groups excluding carboxylic acids is 3. The number of nitrogens with zero attached hydrogens (tertiary/aromatic N) is 2. The van der Waals surface area contributed by atoms with E-state index >= 15 is 0 Å². The van der Waals surface area contributed by atoms with Crippen molar-refractivity contribution in [2.45, 2.75) is 17.7 Å². The first-order chi connectivity index (χ1) is 17.6. The highest BCUT2D eigenvalue weighted by molar-refractivity contribution is 8.18. The standard InChI is InChI=1S/C24H22Cl2FN3O5S2/c25-18-2-1-3-20(21(18)26)37(34,35)29-11-8-16(9-12-29)22(31)28-10-13-30-23(32)19(36-24(30)33)14-15-4-6-17(27)7-5-15/h1-7,14,16H,8-13H2,(H,28,31)/b19-14-. The largest absolute Gasteiger partial charge is 0.354 e. The Morgan fingerprint density at radius 2 is 1.78 bits per heavy atom. The van der Waals surface area contributed by atoms with Crippen LogP contribution in [0.4, 0.5) is 9.18 Å². The third-order valence-electron chi connectivity index (χ3n) is 6.03. The molecule has 8 nitrogen and oxygen atoms in total. The second kappa shape index (κ2) is 11.5. The zero-order valence-corrected chi connectivity index (χ0v) is 22.5. The van der Waals surface area contributed by atoms with Gasteiger partial charge in [-0.1, -0.05) is 41.4 Å². The van der Waals surface area contributed by atoms with Crippen LogP contribution < -0.4 is 5.32 Å². The van der Waals surface area contributed by atoms with E-state index in [0.29, 0.717) is 18.4 Å². The van der Waals surface area contributed by atoms with E-state index < -0.39 is 32.9 Å². The molecule has 0 unspecified atom stereocenters. The van der Waals surface area contributed by atoms with Crippen LogP contribution in [-0.4, -0.2) is 60.9 Å². The number of hydrogen-bond donors (Lipinski definition) is 1. The fourth-order valence-corrected chi connectivity index (χ4v) is 7.09. The molecule has 3 amide bonds. The fraction of sp³-hybridized carbons (Fsp3) is 0.292. The highest BCUT2D eigenvalue weighted by Crippen LogP contribution is 2.33. The molecule has 2 aliphatic heterocycles. The van der Waals surface area contributed by atoms with Gasteiger partial charge < -0.3 is 5.32 Å². The van der Waals surface area contributed by atoms with Crippen molar-refractivity contribution in [1.29, 1.82) is 0 Å². The summed E-state index contributed by atoms with van der Waals surface area (Å²) in [6, 6.07) is 9.94. The minimum Gasteiger partial charge on any atom is -0.354 e. The van der Waals surface area contributed by atoms with Crippen LogP contribution in [0.2, 0.25) is 10.0 Å². The number of carbonyl (C=O) groups is 3. The van der Waals surface area contributed by atoms with E-state index in [-0.39, 0.29) is 51.9 Å². The summed E-state index contributed by atoms with van der Waals surface area (Å²) in [7, 11) is -3.86. The summed E-state index contributed by atoms with van der Waals surface area (Å²) >= 11 is 12.8. The Labute approximate surface area is 227 Å². The molecular weight excluding hydrogens is 564 g/mol. The Morgan fingerprint density at radius 1 is 1.11 bits per heavy atom. The molecule has 2 aromatic carbocycles. The summed E-state index contributed by atoms with van der Waals surface area (Å²) in [4.78, 5) is 38.7. The van der Waals surface area contributed by atoms with Crippen LogP contribution in [0.1, 0.15) is 18.4 Å². The van der Waals surface area contributed by atoms with Gasteiger partial charge in [0.25, 0.3) is 11.1 Å². The molecule has 2 saturated heterocycles. The molecule has 0 atom stereocenters. The number of nitrogens with one attached hydrogen (secondary N) is 1. The monoisotopic (exact) mass is 585 g/mol. The van der Waals surface area contributed by atoms with Gasteiger partial charge in [-0.25, -0.2) is 12.8 Å². The third kappa shape index (κ3) is 6.18. The Kier molecular flexibility index (Phi) is 8.59. The topological polar surface area (TPSA) is 104 Å². The summed E-state index contributed by atoms with van der Waals surface area (Å²) in [6.45, 7) is 0.343. The lowest BCUT2D eigenvalue weighted by Gasteiger charge is -2.31. The molecule has 2 aliphatic rings. The molecule has 0 aliphatic carbocycles. The average molecular weight is 586 g/mol. The number of sulfonamides is 1. The molecule has 0 aromatic heterocycles. The quantitative estimate of drug-likeness (QED) is 0.483. The van der Waals surface area contributed by atoms with Gasteiger partial charge in [-0.05, 0) is 60.5 Å². The zero-order chi connectivity index (χ0) is 26.7. The number of amides is 3. The molecule has 0 saturated carbocycles. The summed E-state index contributed by atoms with van der Waals surface area (Å²) in [5, 5.41) is 2.38. The molecule has 37 heavy (non-hydrogen) atoms. The Bertz CT molecular complexity index is 1360. The van der Waals surface area contributed by atoms with E-state index in [0.717, 1.165) is 16.7 Å². The third-order valence-corrected chi connectivity index (χ3v) is 9.81.